The van der Waals surface area contributed by atoms with E-state index in [0.717, 1.165) is 31.7 Å². The summed E-state index contributed by atoms with van der Waals surface area (Å²) in [6, 6.07) is 7.19. The second kappa shape index (κ2) is 6.16. The van der Waals surface area contributed by atoms with Crippen molar-refractivity contribution in [3.05, 3.63) is 30.1 Å². The summed E-state index contributed by atoms with van der Waals surface area (Å²) in [6.45, 7) is 4.76. The molecule has 0 bridgehead atoms. The Balaban J connectivity index is 1.97. The molecular formula is C14H21FN2O. The van der Waals surface area contributed by atoms with E-state index >= 15 is 0 Å². The summed E-state index contributed by atoms with van der Waals surface area (Å²) < 4.78 is 18.6. The lowest BCUT2D eigenvalue weighted by Crippen LogP contribution is -2.37. The molecule has 4 heteroatoms. The lowest BCUT2D eigenvalue weighted by atomic mass is 10.1. The van der Waals surface area contributed by atoms with Crippen LogP contribution < -0.4 is 10.2 Å². The number of anilines is 1. The van der Waals surface area contributed by atoms with Crippen molar-refractivity contribution in [2.75, 3.05) is 31.6 Å². The van der Waals surface area contributed by atoms with Gasteiger partial charge < -0.3 is 15.0 Å². The minimum Gasteiger partial charge on any atom is -0.380 e. The maximum absolute atomic E-state index is 13.2. The van der Waals surface area contributed by atoms with Crippen molar-refractivity contribution in [3.8, 4) is 0 Å². The lowest BCUT2D eigenvalue weighted by molar-refractivity contribution is 0.117. The van der Waals surface area contributed by atoms with Crippen molar-refractivity contribution in [2.45, 2.75) is 25.5 Å². The summed E-state index contributed by atoms with van der Waals surface area (Å²) in [7, 11) is 1.75. The van der Waals surface area contributed by atoms with Gasteiger partial charge in [-0.05, 0) is 31.5 Å². The van der Waals surface area contributed by atoms with Gasteiger partial charge in [0.2, 0.25) is 0 Å². The van der Waals surface area contributed by atoms with Gasteiger partial charge in [-0.3, -0.25) is 0 Å². The molecule has 0 aromatic heterocycles. The van der Waals surface area contributed by atoms with E-state index in [4.69, 9.17) is 4.74 Å². The molecule has 1 saturated heterocycles. The van der Waals surface area contributed by atoms with E-state index in [1.165, 1.54) is 6.07 Å². The molecule has 0 saturated carbocycles. The SMILES string of the molecule is CCN(CC1CC(OC)CN1)c1cccc(F)c1. The first-order chi connectivity index (χ1) is 8.72. The summed E-state index contributed by atoms with van der Waals surface area (Å²) in [5.74, 6) is -0.180. The third kappa shape index (κ3) is 3.21. The molecule has 1 aromatic carbocycles. The smallest absolute Gasteiger partial charge is 0.125 e. The second-order valence-electron chi connectivity index (χ2n) is 4.72. The summed E-state index contributed by atoms with van der Waals surface area (Å²) in [5, 5.41) is 3.45. The van der Waals surface area contributed by atoms with Gasteiger partial charge in [0.1, 0.15) is 5.82 Å². The van der Waals surface area contributed by atoms with Crippen LogP contribution >= 0.6 is 0 Å². The van der Waals surface area contributed by atoms with Crippen LogP contribution in [0, 0.1) is 5.82 Å². The van der Waals surface area contributed by atoms with Gasteiger partial charge >= 0.3 is 0 Å². The molecule has 18 heavy (non-hydrogen) atoms. The number of ether oxygens (including phenoxy) is 1. The van der Waals surface area contributed by atoms with Crippen LogP contribution in [0.15, 0.2) is 24.3 Å². The van der Waals surface area contributed by atoms with Crippen LogP contribution in [0.2, 0.25) is 0 Å². The molecule has 3 nitrogen and oxygen atoms in total. The highest BCUT2D eigenvalue weighted by Crippen LogP contribution is 2.18. The second-order valence-corrected chi connectivity index (χ2v) is 4.72. The third-order valence-corrected chi connectivity index (χ3v) is 3.51. The number of rotatable bonds is 5. The average molecular weight is 252 g/mol. The monoisotopic (exact) mass is 252 g/mol. The highest BCUT2D eigenvalue weighted by Gasteiger charge is 2.25. The molecule has 0 aliphatic carbocycles. The zero-order chi connectivity index (χ0) is 13.0. The van der Waals surface area contributed by atoms with Crippen molar-refractivity contribution in [1.82, 2.24) is 5.32 Å². The Labute approximate surface area is 108 Å². The van der Waals surface area contributed by atoms with Gasteiger partial charge in [-0.2, -0.15) is 0 Å². The first-order valence-corrected chi connectivity index (χ1v) is 6.49. The van der Waals surface area contributed by atoms with Crippen LogP contribution in [0.5, 0.6) is 0 Å². The van der Waals surface area contributed by atoms with Gasteiger partial charge in [0.25, 0.3) is 0 Å². The fourth-order valence-electron chi connectivity index (χ4n) is 2.46. The maximum Gasteiger partial charge on any atom is 0.125 e. The Kier molecular flexibility index (Phi) is 4.55. The number of hydrogen-bond acceptors (Lipinski definition) is 3. The van der Waals surface area contributed by atoms with Crippen LogP contribution in [-0.2, 0) is 4.74 Å². The van der Waals surface area contributed by atoms with Crippen molar-refractivity contribution < 1.29 is 9.13 Å². The van der Waals surface area contributed by atoms with E-state index in [1.54, 1.807) is 19.2 Å². The minimum absolute atomic E-state index is 0.180. The summed E-state index contributed by atoms with van der Waals surface area (Å²) >= 11 is 0. The summed E-state index contributed by atoms with van der Waals surface area (Å²) in [4.78, 5) is 2.19. The van der Waals surface area contributed by atoms with Gasteiger partial charge in [-0.1, -0.05) is 6.07 Å². The molecule has 1 heterocycles. The summed E-state index contributed by atoms with van der Waals surface area (Å²) in [6.07, 6.45) is 1.32. The standard InChI is InChI=1S/C14H21FN2O/c1-3-17(13-6-4-5-11(15)7-13)10-12-8-14(18-2)9-16-12/h4-7,12,14,16H,3,8-10H2,1-2H3. The fraction of sp³-hybridized carbons (Fsp3) is 0.571. The molecule has 0 radical (unpaired) electrons. The molecule has 1 aliphatic heterocycles. The van der Waals surface area contributed by atoms with Crippen LogP contribution in [-0.4, -0.2) is 38.9 Å². The van der Waals surface area contributed by atoms with E-state index in [-0.39, 0.29) is 5.82 Å². The van der Waals surface area contributed by atoms with Crippen LogP contribution in [0.4, 0.5) is 10.1 Å². The van der Waals surface area contributed by atoms with Gasteiger partial charge in [0.15, 0.2) is 0 Å². The Bertz CT molecular complexity index is 386. The fourth-order valence-corrected chi connectivity index (χ4v) is 2.46. The predicted molar refractivity (Wildman–Crippen MR) is 71.5 cm³/mol. The van der Waals surface area contributed by atoms with E-state index in [0.29, 0.717) is 12.1 Å². The summed E-state index contributed by atoms with van der Waals surface area (Å²) in [5.41, 5.74) is 0.945. The topological polar surface area (TPSA) is 24.5 Å². The number of halogens is 1. The molecule has 2 atom stereocenters. The van der Waals surface area contributed by atoms with E-state index < -0.39 is 0 Å². The Hall–Kier alpha value is -1.13. The van der Waals surface area contributed by atoms with E-state index in [9.17, 15) is 4.39 Å². The van der Waals surface area contributed by atoms with Crippen molar-refractivity contribution in [1.29, 1.82) is 0 Å². The zero-order valence-electron chi connectivity index (χ0n) is 11.0. The predicted octanol–water partition coefficient (Wildman–Crippen LogP) is 2.03. The molecule has 0 spiro atoms. The van der Waals surface area contributed by atoms with E-state index in [1.807, 2.05) is 6.07 Å². The van der Waals surface area contributed by atoms with Gasteiger partial charge in [-0.25, -0.2) is 4.39 Å². The number of methoxy groups -OCH3 is 1. The largest absolute Gasteiger partial charge is 0.380 e. The Morgan fingerprint density at radius 2 is 2.33 bits per heavy atom. The number of hydrogen-bond donors (Lipinski definition) is 1. The molecule has 1 fully saturated rings. The Morgan fingerprint density at radius 3 is 2.94 bits per heavy atom. The third-order valence-electron chi connectivity index (χ3n) is 3.51. The minimum atomic E-state index is -0.180. The quantitative estimate of drug-likeness (QED) is 0.868. The van der Waals surface area contributed by atoms with E-state index in [2.05, 4.69) is 17.1 Å². The molecule has 1 aromatic rings. The molecule has 1 N–H and O–H groups in total. The van der Waals surface area contributed by atoms with Crippen molar-refractivity contribution in [2.24, 2.45) is 0 Å². The molecule has 0 amide bonds. The Morgan fingerprint density at radius 1 is 1.50 bits per heavy atom. The van der Waals surface area contributed by atoms with Gasteiger partial charge in [-0.15, -0.1) is 0 Å². The highest BCUT2D eigenvalue weighted by molar-refractivity contribution is 5.46. The highest BCUT2D eigenvalue weighted by atomic mass is 19.1. The van der Waals surface area contributed by atoms with Crippen molar-refractivity contribution in [3.63, 3.8) is 0 Å². The molecular weight excluding hydrogens is 231 g/mol. The normalized spacial score (nSPS) is 23.3. The lowest BCUT2D eigenvalue weighted by Gasteiger charge is -2.26. The maximum atomic E-state index is 13.2. The molecule has 2 rings (SSSR count). The van der Waals surface area contributed by atoms with Crippen LogP contribution in [0.1, 0.15) is 13.3 Å². The zero-order valence-corrected chi connectivity index (χ0v) is 11.0. The van der Waals surface area contributed by atoms with Gasteiger partial charge in [0.05, 0.1) is 6.10 Å². The first-order valence-electron chi connectivity index (χ1n) is 6.49. The number of likely N-dealkylation sites (N-methyl/N-ethyl adjacent to an activating group) is 1. The number of nitrogens with zero attached hydrogens (tertiary/aromatic N) is 1. The molecule has 2 unspecified atom stereocenters. The molecule has 1 aliphatic rings. The van der Waals surface area contributed by atoms with Crippen molar-refractivity contribution >= 4 is 5.69 Å². The van der Waals surface area contributed by atoms with Crippen LogP contribution in [0.25, 0.3) is 0 Å². The number of nitrogens with one attached hydrogen (secondary N) is 1. The average Bonchev–Trinajstić information content (AvgIpc) is 2.83. The van der Waals surface area contributed by atoms with Crippen LogP contribution in [0.3, 0.4) is 0 Å². The first kappa shape index (κ1) is 13.3. The van der Waals surface area contributed by atoms with Gasteiger partial charge in [0, 0.05) is 38.5 Å². The molecule has 100 valence electrons. The number of benzene rings is 1.